The van der Waals surface area contributed by atoms with Gasteiger partial charge >= 0.3 is 5.97 Å². The average Bonchev–Trinajstić information content (AvgIpc) is 2.88. The number of nitrogens with zero attached hydrogens (tertiary/aromatic N) is 2. The predicted octanol–water partition coefficient (Wildman–Crippen LogP) is 1.30. The molecule has 76 valence electrons. The number of aliphatic carboxylic acids is 1. The maximum Gasteiger partial charge on any atom is 0.325 e. The molecule has 1 aromatic heterocycles. The van der Waals surface area contributed by atoms with Gasteiger partial charge < -0.3 is 10.4 Å². The molecule has 6 heteroatoms. The third kappa shape index (κ3) is 2.01. The van der Waals surface area contributed by atoms with Crippen LogP contribution in [-0.4, -0.2) is 26.5 Å². The SMILES string of the molecule is C[C@@H](Nc1nc(C2CC2)ns1)C(=O)O. The molecule has 0 aromatic carbocycles. The minimum Gasteiger partial charge on any atom is -0.480 e. The highest BCUT2D eigenvalue weighted by Crippen LogP contribution is 2.39. The summed E-state index contributed by atoms with van der Waals surface area (Å²) in [7, 11) is 0. The van der Waals surface area contributed by atoms with Crippen LogP contribution in [0, 0.1) is 0 Å². The van der Waals surface area contributed by atoms with E-state index in [-0.39, 0.29) is 0 Å². The molecule has 1 aliphatic carbocycles. The molecule has 1 atom stereocenters. The van der Waals surface area contributed by atoms with Crippen LogP contribution in [0.25, 0.3) is 0 Å². The smallest absolute Gasteiger partial charge is 0.325 e. The van der Waals surface area contributed by atoms with Crippen molar-refractivity contribution in [2.24, 2.45) is 0 Å². The zero-order chi connectivity index (χ0) is 10.1. The fraction of sp³-hybridized carbons (Fsp3) is 0.625. The molecule has 2 rings (SSSR count). The van der Waals surface area contributed by atoms with E-state index in [1.165, 1.54) is 11.5 Å². The van der Waals surface area contributed by atoms with Crippen molar-refractivity contribution in [1.82, 2.24) is 9.36 Å². The maximum atomic E-state index is 10.6. The number of carboxylic acid groups (broad SMARTS) is 1. The first-order chi connectivity index (χ1) is 6.66. The summed E-state index contributed by atoms with van der Waals surface area (Å²) in [6.45, 7) is 1.58. The summed E-state index contributed by atoms with van der Waals surface area (Å²) < 4.78 is 4.17. The lowest BCUT2D eigenvalue weighted by molar-refractivity contribution is -0.137. The first-order valence-electron chi connectivity index (χ1n) is 4.50. The number of carboxylic acids is 1. The Balaban J connectivity index is 1.98. The van der Waals surface area contributed by atoms with Gasteiger partial charge in [0.1, 0.15) is 11.9 Å². The molecule has 5 nitrogen and oxygen atoms in total. The summed E-state index contributed by atoms with van der Waals surface area (Å²) in [5, 5.41) is 12.1. The molecule has 0 aliphatic heterocycles. The molecule has 1 heterocycles. The number of hydrogen-bond donors (Lipinski definition) is 2. The fourth-order valence-corrected chi connectivity index (χ4v) is 1.78. The van der Waals surface area contributed by atoms with E-state index in [9.17, 15) is 4.79 Å². The molecule has 14 heavy (non-hydrogen) atoms. The van der Waals surface area contributed by atoms with Crippen molar-refractivity contribution in [1.29, 1.82) is 0 Å². The number of carbonyl (C=O) groups is 1. The van der Waals surface area contributed by atoms with E-state index in [4.69, 9.17) is 5.11 Å². The Morgan fingerprint density at radius 1 is 1.71 bits per heavy atom. The number of rotatable bonds is 4. The standard InChI is InChI=1S/C8H11N3O2S/c1-4(7(12)13)9-8-10-6(11-14-8)5-2-3-5/h4-5H,2-3H2,1H3,(H,12,13)(H,9,10,11)/t4-/m1/s1. The van der Waals surface area contributed by atoms with Crippen LogP contribution in [0.1, 0.15) is 31.5 Å². The minimum absolute atomic E-state index is 0.516. The van der Waals surface area contributed by atoms with Gasteiger partial charge in [-0.25, -0.2) is 4.98 Å². The van der Waals surface area contributed by atoms with E-state index >= 15 is 0 Å². The van der Waals surface area contributed by atoms with Crippen molar-refractivity contribution < 1.29 is 9.90 Å². The van der Waals surface area contributed by atoms with Gasteiger partial charge in [0.15, 0.2) is 0 Å². The van der Waals surface area contributed by atoms with Crippen molar-refractivity contribution >= 4 is 22.6 Å². The van der Waals surface area contributed by atoms with Gasteiger partial charge in [-0.05, 0) is 19.8 Å². The number of nitrogens with one attached hydrogen (secondary N) is 1. The number of hydrogen-bond acceptors (Lipinski definition) is 5. The second kappa shape index (κ2) is 3.53. The summed E-state index contributed by atoms with van der Waals surface area (Å²) in [5.74, 6) is 0.491. The normalized spacial score (nSPS) is 17.8. The van der Waals surface area contributed by atoms with Crippen LogP contribution < -0.4 is 5.32 Å². The average molecular weight is 213 g/mol. The van der Waals surface area contributed by atoms with E-state index in [0.29, 0.717) is 11.0 Å². The second-order valence-corrected chi connectivity index (χ2v) is 4.19. The van der Waals surface area contributed by atoms with E-state index < -0.39 is 12.0 Å². The summed E-state index contributed by atoms with van der Waals surface area (Å²) in [5.41, 5.74) is 0. The maximum absolute atomic E-state index is 10.6. The highest BCUT2D eigenvalue weighted by molar-refractivity contribution is 7.09. The van der Waals surface area contributed by atoms with Crippen LogP contribution in [0.4, 0.5) is 5.13 Å². The Morgan fingerprint density at radius 2 is 2.43 bits per heavy atom. The highest BCUT2D eigenvalue weighted by atomic mass is 32.1. The molecule has 2 N–H and O–H groups in total. The summed E-state index contributed by atoms with van der Waals surface area (Å²) in [6, 6.07) is -0.616. The molecular formula is C8H11N3O2S. The zero-order valence-electron chi connectivity index (χ0n) is 7.73. The summed E-state index contributed by atoms with van der Waals surface area (Å²) >= 11 is 1.23. The molecule has 1 aromatic rings. The van der Waals surface area contributed by atoms with Crippen molar-refractivity contribution in [2.75, 3.05) is 5.32 Å². The topological polar surface area (TPSA) is 75.1 Å². The van der Waals surface area contributed by atoms with Gasteiger partial charge in [0.25, 0.3) is 0 Å². The lowest BCUT2D eigenvalue weighted by Gasteiger charge is -2.05. The lowest BCUT2D eigenvalue weighted by Crippen LogP contribution is -2.25. The largest absolute Gasteiger partial charge is 0.480 e. The van der Waals surface area contributed by atoms with E-state index in [2.05, 4.69) is 14.7 Å². The third-order valence-electron chi connectivity index (χ3n) is 2.09. The summed E-state index contributed by atoms with van der Waals surface area (Å²) in [6.07, 6.45) is 2.31. The van der Waals surface area contributed by atoms with Crippen LogP contribution >= 0.6 is 11.5 Å². The van der Waals surface area contributed by atoms with Gasteiger partial charge in [0.05, 0.1) is 0 Å². The Labute approximate surface area is 85.3 Å². The minimum atomic E-state index is -0.881. The molecule has 0 unspecified atom stereocenters. The molecule has 0 saturated heterocycles. The lowest BCUT2D eigenvalue weighted by atomic mass is 10.3. The molecule has 0 radical (unpaired) electrons. The zero-order valence-corrected chi connectivity index (χ0v) is 8.54. The molecule has 0 amide bonds. The van der Waals surface area contributed by atoms with Crippen LogP contribution in [0.5, 0.6) is 0 Å². The molecule has 0 bridgehead atoms. The van der Waals surface area contributed by atoms with E-state index in [1.807, 2.05) is 0 Å². The van der Waals surface area contributed by atoms with Gasteiger partial charge in [-0.2, -0.15) is 4.37 Å². The molecule has 1 fully saturated rings. The van der Waals surface area contributed by atoms with E-state index in [0.717, 1.165) is 18.7 Å². The van der Waals surface area contributed by atoms with Crippen LogP contribution in [0.15, 0.2) is 0 Å². The Kier molecular flexibility index (Phi) is 2.37. The van der Waals surface area contributed by atoms with Crippen LogP contribution in [0.2, 0.25) is 0 Å². The molecular weight excluding hydrogens is 202 g/mol. The van der Waals surface area contributed by atoms with Gasteiger partial charge in [-0.1, -0.05) is 0 Å². The quantitative estimate of drug-likeness (QED) is 0.788. The number of aromatic nitrogens is 2. The second-order valence-electron chi connectivity index (χ2n) is 3.44. The van der Waals surface area contributed by atoms with Crippen molar-refractivity contribution in [3.8, 4) is 0 Å². The Bertz CT molecular complexity index is 348. The van der Waals surface area contributed by atoms with Crippen LogP contribution in [0.3, 0.4) is 0 Å². The van der Waals surface area contributed by atoms with Gasteiger partial charge in [0, 0.05) is 17.5 Å². The fourth-order valence-electron chi connectivity index (χ4n) is 1.05. The van der Waals surface area contributed by atoms with Gasteiger partial charge in [0.2, 0.25) is 5.13 Å². The van der Waals surface area contributed by atoms with Crippen LogP contribution in [-0.2, 0) is 4.79 Å². The highest BCUT2D eigenvalue weighted by Gasteiger charge is 2.28. The van der Waals surface area contributed by atoms with Gasteiger partial charge in [-0.15, -0.1) is 0 Å². The molecule has 1 saturated carbocycles. The first-order valence-corrected chi connectivity index (χ1v) is 5.27. The van der Waals surface area contributed by atoms with E-state index in [1.54, 1.807) is 6.92 Å². The summed E-state index contributed by atoms with van der Waals surface area (Å²) in [4.78, 5) is 14.8. The Hall–Kier alpha value is -1.17. The van der Waals surface area contributed by atoms with Gasteiger partial charge in [-0.3, -0.25) is 4.79 Å². The predicted molar refractivity (Wildman–Crippen MR) is 52.6 cm³/mol. The van der Waals surface area contributed by atoms with Crippen molar-refractivity contribution in [3.63, 3.8) is 0 Å². The monoisotopic (exact) mass is 213 g/mol. The van der Waals surface area contributed by atoms with Crippen molar-refractivity contribution in [3.05, 3.63) is 5.82 Å². The number of anilines is 1. The molecule has 0 spiro atoms. The Morgan fingerprint density at radius 3 is 3.00 bits per heavy atom. The first kappa shape index (κ1) is 9.39. The molecule has 1 aliphatic rings. The van der Waals surface area contributed by atoms with Crippen molar-refractivity contribution in [2.45, 2.75) is 31.7 Å². The third-order valence-corrected chi connectivity index (χ3v) is 2.76.